The molecule has 8 heteroatoms. The molecule has 0 amide bonds. The van der Waals surface area contributed by atoms with E-state index in [0.717, 1.165) is 18.4 Å². The summed E-state index contributed by atoms with van der Waals surface area (Å²) in [6.07, 6.45) is 2.95. The number of hydrogen-bond donors (Lipinski definition) is 2. The molecule has 1 aromatic heterocycles. The number of fused-ring (bicyclic) bond motifs is 1. The number of aryl methyl sites for hydroxylation is 1. The fraction of sp³-hybridized carbons (Fsp3) is 0.320. The highest BCUT2D eigenvalue weighted by Crippen LogP contribution is 2.41. The van der Waals surface area contributed by atoms with Gasteiger partial charge in [-0.15, -0.1) is 0 Å². The van der Waals surface area contributed by atoms with Gasteiger partial charge in [0.15, 0.2) is 5.82 Å². The van der Waals surface area contributed by atoms with Crippen molar-refractivity contribution >= 4 is 22.6 Å². The Morgan fingerprint density at radius 2 is 2.00 bits per heavy atom. The molecule has 2 aliphatic rings. The quantitative estimate of drug-likeness (QED) is 0.637. The molecule has 1 saturated carbocycles. The molecule has 0 spiro atoms. The lowest BCUT2D eigenvalue weighted by atomic mass is 9.97. The Hall–Kier alpha value is -3.70. The number of hydrogen-bond acceptors (Lipinski definition) is 5. The molecule has 33 heavy (non-hydrogen) atoms. The third kappa shape index (κ3) is 3.45. The third-order valence-electron chi connectivity index (χ3n) is 6.60. The van der Waals surface area contributed by atoms with Crippen molar-refractivity contribution in [2.75, 3.05) is 24.5 Å². The van der Waals surface area contributed by atoms with E-state index in [1.165, 1.54) is 13.1 Å². The monoisotopic (exact) mass is 446 g/mol. The first-order valence-electron chi connectivity index (χ1n) is 11.0. The van der Waals surface area contributed by atoms with Crippen molar-refractivity contribution in [2.45, 2.75) is 31.8 Å². The smallest absolute Gasteiger partial charge is 0.341 e. The van der Waals surface area contributed by atoms with Crippen molar-refractivity contribution in [3.05, 3.63) is 74.8 Å². The largest absolute Gasteiger partial charge is 0.477 e. The molecule has 1 saturated heterocycles. The van der Waals surface area contributed by atoms with E-state index >= 15 is 4.39 Å². The van der Waals surface area contributed by atoms with E-state index in [4.69, 9.17) is 0 Å². The zero-order valence-electron chi connectivity index (χ0n) is 18.1. The highest BCUT2D eigenvalue weighted by Gasteiger charge is 2.33. The van der Waals surface area contributed by atoms with E-state index in [9.17, 15) is 20.0 Å². The number of rotatable bonds is 4. The van der Waals surface area contributed by atoms with Crippen LogP contribution < -0.4 is 15.6 Å². The number of aromatic nitrogens is 1. The van der Waals surface area contributed by atoms with Crippen LogP contribution in [0.4, 0.5) is 10.1 Å². The number of halogens is 1. The summed E-state index contributed by atoms with van der Waals surface area (Å²) in [5.74, 6) is -2.00. The number of nitrogens with one attached hydrogen (secondary N) is 1. The molecule has 0 bridgehead atoms. The molecule has 0 radical (unpaired) electrons. The number of carboxylic acid groups (broad SMARTS) is 1. The van der Waals surface area contributed by atoms with Gasteiger partial charge in [0.05, 0.1) is 16.6 Å². The average molecular weight is 446 g/mol. The highest BCUT2D eigenvalue weighted by atomic mass is 19.1. The van der Waals surface area contributed by atoms with Crippen LogP contribution in [0.5, 0.6) is 0 Å². The van der Waals surface area contributed by atoms with Crippen LogP contribution in [0.15, 0.2) is 41.3 Å². The molecule has 168 valence electrons. The summed E-state index contributed by atoms with van der Waals surface area (Å²) in [5, 5.41) is 23.1. The molecule has 1 aliphatic heterocycles. The summed E-state index contributed by atoms with van der Waals surface area (Å²) < 4.78 is 17.5. The number of nitrogens with zero attached hydrogens (tertiary/aromatic N) is 3. The fourth-order valence-electron chi connectivity index (χ4n) is 4.80. The van der Waals surface area contributed by atoms with Crippen LogP contribution in [0.2, 0.25) is 0 Å². The molecule has 1 atom stereocenters. The molecule has 7 nitrogen and oxygen atoms in total. The predicted octanol–water partition coefficient (Wildman–Crippen LogP) is 3.50. The Bertz CT molecular complexity index is 1370. The average Bonchev–Trinajstić information content (AvgIpc) is 3.67. The third-order valence-corrected chi connectivity index (χ3v) is 6.60. The minimum atomic E-state index is -1.36. The van der Waals surface area contributed by atoms with Crippen LogP contribution in [0.25, 0.3) is 10.9 Å². The maximum absolute atomic E-state index is 15.8. The number of nitriles is 1. The molecule has 3 aromatic rings. The van der Waals surface area contributed by atoms with Crippen LogP contribution >= 0.6 is 0 Å². The van der Waals surface area contributed by atoms with Gasteiger partial charge in [0.2, 0.25) is 5.43 Å². The van der Waals surface area contributed by atoms with Crippen molar-refractivity contribution in [1.82, 2.24) is 9.88 Å². The van der Waals surface area contributed by atoms with Crippen LogP contribution in [-0.4, -0.2) is 35.3 Å². The van der Waals surface area contributed by atoms with E-state index in [-0.39, 0.29) is 34.3 Å². The van der Waals surface area contributed by atoms with E-state index in [2.05, 4.69) is 11.4 Å². The minimum Gasteiger partial charge on any atom is -0.477 e. The summed E-state index contributed by atoms with van der Waals surface area (Å²) in [4.78, 5) is 26.6. The summed E-state index contributed by atoms with van der Waals surface area (Å²) >= 11 is 0. The lowest BCUT2D eigenvalue weighted by Crippen LogP contribution is -2.46. The second-order valence-electron chi connectivity index (χ2n) is 8.68. The number of aromatic carboxylic acids is 1. The SMILES string of the molecule is Cc1c(F)c(N2CCNC(c3ccccc3)C2)c(C#N)c2c1c(=O)c(C(=O)O)cn2C1CC1. The molecule has 2 aromatic carbocycles. The number of anilines is 1. The number of carboxylic acids is 1. The first-order valence-corrected chi connectivity index (χ1v) is 11.0. The van der Waals surface area contributed by atoms with Crippen LogP contribution in [0.3, 0.4) is 0 Å². The maximum atomic E-state index is 15.8. The van der Waals surface area contributed by atoms with Gasteiger partial charge in [-0.2, -0.15) is 5.26 Å². The van der Waals surface area contributed by atoms with Crippen molar-refractivity contribution in [2.24, 2.45) is 0 Å². The molecule has 5 rings (SSSR count). The Labute approximate surface area is 189 Å². The topological polar surface area (TPSA) is 98.4 Å². The van der Waals surface area contributed by atoms with Gasteiger partial charge in [0.1, 0.15) is 17.2 Å². The zero-order chi connectivity index (χ0) is 23.3. The van der Waals surface area contributed by atoms with Crippen molar-refractivity contribution in [3.63, 3.8) is 0 Å². The maximum Gasteiger partial charge on any atom is 0.341 e. The summed E-state index contributed by atoms with van der Waals surface area (Å²) in [7, 11) is 0. The number of piperazine rings is 1. The normalized spacial score (nSPS) is 18.3. The molecule has 1 aliphatic carbocycles. The van der Waals surface area contributed by atoms with Gasteiger partial charge < -0.3 is 19.9 Å². The second-order valence-corrected chi connectivity index (χ2v) is 8.68. The number of benzene rings is 2. The lowest BCUT2D eigenvalue weighted by Gasteiger charge is -2.36. The lowest BCUT2D eigenvalue weighted by molar-refractivity contribution is 0.0695. The van der Waals surface area contributed by atoms with Gasteiger partial charge in [-0.25, -0.2) is 9.18 Å². The van der Waals surface area contributed by atoms with Crippen molar-refractivity contribution in [3.8, 4) is 6.07 Å². The first kappa shape index (κ1) is 21.2. The summed E-state index contributed by atoms with van der Waals surface area (Å²) in [5.41, 5.74) is 0.593. The first-order chi connectivity index (χ1) is 15.9. The Morgan fingerprint density at radius 3 is 2.64 bits per heavy atom. The second kappa shape index (κ2) is 8.01. The van der Waals surface area contributed by atoms with E-state index in [1.807, 2.05) is 35.2 Å². The van der Waals surface area contributed by atoms with Crippen molar-refractivity contribution in [1.29, 1.82) is 5.26 Å². The van der Waals surface area contributed by atoms with Crippen LogP contribution in [0, 0.1) is 24.1 Å². The van der Waals surface area contributed by atoms with Crippen LogP contribution in [0.1, 0.15) is 52.0 Å². The molecule has 1 unspecified atom stereocenters. The standard InChI is InChI=1S/C25H23FN4O3/c1-14-20-22(30(16-7-8-16)12-18(24(20)31)25(32)33)17(11-27)23(21(14)26)29-10-9-28-19(13-29)15-5-3-2-4-6-15/h2-6,12,16,19,28H,7-10,13H2,1H3,(H,32,33). The van der Waals surface area contributed by atoms with E-state index in [0.29, 0.717) is 25.2 Å². The molecule has 2 N–H and O–H groups in total. The van der Waals surface area contributed by atoms with Gasteiger partial charge in [-0.1, -0.05) is 30.3 Å². The van der Waals surface area contributed by atoms with Gasteiger partial charge in [0.25, 0.3) is 0 Å². The van der Waals surface area contributed by atoms with E-state index in [1.54, 1.807) is 4.57 Å². The fourth-order valence-corrected chi connectivity index (χ4v) is 4.80. The molecular weight excluding hydrogens is 423 g/mol. The Kier molecular flexibility index (Phi) is 5.14. The van der Waals surface area contributed by atoms with Gasteiger partial charge in [-0.3, -0.25) is 4.79 Å². The Balaban J connectivity index is 1.74. The predicted molar refractivity (Wildman–Crippen MR) is 122 cm³/mol. The number of carbonyl (C=O) groups is 1. The van der Waals surface area contributed by atoms with E-state index < -0.39 is 22.8 Å². The minimum absolute atomic E-state index is 0.00361. The molecule has 2 heterocycles. The van der Waals surface area contributed by atoms with Crippen molar-refractivity contribution < 1.29 is 14.3 Å². The van der Waals surface area contributed by atoms with Crippen LogP contribution in [-0.2, 0) is 0 Å². The molecular formula is C25H23FN4O3. The molecule has 2 fully saturated rings. The summed E-state index contributed by atoms with van der Waals surface area (Å²) in [6, 6.07) is 12.0. The Morgan fingerprint density at radius 1 is 1.27 bits per heavy atom. The highest BCUT2D eigenvalue weighted by molar-refractivity contribution is 5.98. The van der Waals surface area contributed by atoms with Gasteiger partial charge in [-0.05, 0) is 25.3 Å². The van der Waals surface area contributed by atoms with Gasteiger partial charge >= 0.3 is 5.97 Å². The summed E-state index contributed by atoms with van der Waals surface area (Å²) in [6.45, 7) is 3.06. The van der Waals surface area contributed by atoms with Gasteiger partial charge in [0, 0.05) is 43.5 Å². The zero-order valence-corrected chi connectivity index (χ0v) is 18.1. The number of pyridine rings is 1.